The highest BCUT2D eigenvalue weighted by atomic mass is 79.9. The molecule has 0 spiro atoms. The number of oxazole rings is 1. The van der Waals surface area contributed by atoms with Crippen molar-refractivity contribution in [2.75, 3.05) is 0 Å². The maximum Gasteiger partial charge on any atom is 0.419 e. The van der Waals surface area contributed by atoms with Gasteiger partial charge in [0.25, 0.3) is 0 Å². The average molecular weight is 348 g/mol. The summed E-state index contributed by atoms with van der Waals surface area (Å²) in [6, 6.07) is 12.8. The summed E-state index contributed by atoms with van der Waals surface area (Å²) in [5.41, 5.74) is 2.72. The van der Waals surface area contributed by atoms with Crippen LogP contribution in [0.5, 0.6) is 0 Å². The molecule has 5 heteroatoms. The number of nitrogens with zero attached hydrogens (tertiary/aromatic N) is 1. The van der Waals surface area contributed by atoms with Crippen LogP contribution >= 0.6 is 15.9 Å². The standard InChI is InChI=1S/C16H14BrNO3/c1-2-18-13-8-5-11(9-14(13)21-16(18)20)15(19)10-3-6-12(17)7-4-10/h3-9,15,19H,2H2,1H3. The SMILES string of the molecule is CCn1c(=O)oc2cc(C(O)c3ccc(Br)cc3)ccc21. The Hall–Kier alpha value is -1.85. The second-order valence-electron chi connectivity index (χ2n) is 4.79. The van der Waals surface area contributed by atoms with Crippen molar-refractivity contribution in [3.8, 4) is 0 Å². The van der Waals surface area contributed by atoms with E-state index in [0.29, 0.717) is 17.7 Å². The Morgan fingerprint density at radius 2 is 1.86 bits per heavy atom. The molecule has 1 unspecified atom stereocenters. The topological polar surface area (TPSA) is 55.4 Å². The van der Waals surface area contributed by atoms with Gasteiger partial charge in [-0.25, -0.2) is 4.79 Å². The molecule has 0 aliphatic heterocycles. The monoisotopic (exact) mass is 347 g/mol. The van der Waals surface area contributed by atoms with Crippen LogP contribution in [0.3, 0.4) is 0 Å². The van der Waals surface area contributed by atoms with Crippen LogP contribution in [0.15, 0.2) is 56.1 Å². The summed E-state index contributed by atoms with van der Waals surface area (Å²) in [5.74, 6) is -0.372. The molecule has 3 aromatic rings. The van der Waals surface area contributed by atoms with Crippen molar-refractivity contribution in [1.29, 1.82) is 0 Å². The van der Waals surface area contributed by atoms with Gasteiger partial charge in [-0.05, 0) is 42.3 Å². The summed E-state index contributed by atoms with van der Waals surface area (Å²) in [7, 11) is 0. The summed E-state index contributed by atoms with van der Waals surface area (Å²) in [4.78, 5) is 11.7. The maximum absolute atomic E-state index is 11.7. The number of aryl methyl sites for hydroxylation is 1. The molecule has 0 aliphatic rings. The van der Waals surface area contributed by atoms with Crippen LogP contribution in [-0.4, -0.2) is 9.67 Å². The number of aromatic nitrogens is 1. The van der Waals surface area contributed by atoms with Crippen molar-refractivity contribution in [2.24, 2.45) is 0 Å². The van der Waals surface area contributed by atoms with Crippen molar-refractivity contribution in [3.63, 3.8) is 0 Å². The van der Waals surface area contributed by atoms with Gasteiger partial charge in [0.1, 0.15) is 6.10 Å². The van der Waals surface area contributed by atoms with E-state index in [1.54, 1.807) is 16.7 Å². The first-order valence-corrected chi connectivity index (χ1v) is 7.46. The summed E-state index contributed by atoms with van der Waals surface area (Å²) in [6.07, 6.45) is -0.752. The normalized spacial score (nSPS) is 12.7. The van der Waals surface area contributed by atoms with Crippen molar-refractivity contribution in [1.82, 2.24) is 4.57 Å². The Kier molecular flexibility index (Phi) is 3.69. The van der Waals surface area contributed by atoms with Crippen LogP contribution in [0.2, 0.25) is 0 Å². The molecule has 1 heterocycles. The fraction of sp³-hybridized carbons (Fsp3) is 0.188. The zero-order valence-corrected chi connectivity index (χ0v) is 13.0. The van der Waals surface area contributed by atoms with E-state index in [2.05, 4.69) is 15.9 Å². The molecule has 1 aromatic heterocycles. The van der Waals surface area contributed by atoms with Crippen LogP contribution in [0.1, 0.15) is 24.2 Å². The molecule has 3 rings (SSSR count). The molecule has 0 aliphatic carbocycles. The predicted octanol–water partition coefficient (Wildman–Crippen LogP) is 3.46. The van der Waals surface area contributed by atoms with Crippen LogP contribution in [0, 0.1) is 0 Å². The number of aliphatic hydroxyl groups excluding tert-OH is 1. The van der Waals surface area contributed by atoms with Gasteiger partial charge in [-0.2, -0.15) is 0 Å². The van der Waals surface area contributed by atoms with Gasteiger partial charge in [-0.3, -0.25) is 4.57 Å². The van der Waals surface area contributed by atoms with Crippen molar-refractivity contribution >= 4 is 27.0 Å². The van der Waals surface area contributed by atoms with Crippen LogP contribution in [0.4, 0.5) is 0 Å². The summed E-state index contributed by atoms with van der Waals surface area (Å²) in [5, 5.41) is 10.4. The summed E-state index contributed by atoms with van der Waals surface area (Å²) < 4.78 is 7.74. The maximum atomic E-state index is 11.7. The van der Waals surface area contributed by atoms with Gasteiger partial charge in [0, 0.05) is 11.0 Å². The lowest BCUT2D eigenvalue weighted by Gasteiger charge is -2.11. The third-order valence-corrected chi connectivity index (χ3v) is 4.04. The van der Waals surface area contributed by atoms with E-state index in [1.165, 1.54) is 0 Å². The molecule has 2 aromatic carbocycles. The molecule has 21 heavy (non-hydrogen) atoms. The lowest BCUT2D eigenvalue weighted by Crippen LogP contribution is -2.11. The van der Waals surface area contributed by atoms with E-state index in [0.717, 1.165) is 15.6 Å². The van der Waals surface area contributed by atoms with Gasteiger partial charge in [0.2, 0.25) is 0 Å². The first-order valence-electron chi connectivity index (χ1n) is 6.67. The highest BCUT2D eigenvalue weighted by molar-refractivity contribution is 9.10. The number of hydrogen-bond donors (Lipinski definition) is 1. The van der Waals surface area contributed by atoms with Gasteiger partial charge in [0.15, 0.2) is 5.58 Å². The summed E-state index contributed by atoms with van der Waals surface area (Å²) in [6.45, 7) is 2.45. The van der Waals surface area contributed by atoms with E-state index in [4.69, 9.17) is 4.42 Å². The molecule has 0 bridgehead atoms. The molecule has 0 fully saturated rings. The zero-order chi connectivity index (χ0) is 15.0. The molecule has 1 N–H and O–H groups in total. The van der Waals surface area contributed by atoms with E-state index < -0.39 is 6.10 Å². The smallest absolute Gasteiger partial charge is 0.408 e. The van der Waals surface area contributed by atoms with E-state index in [-0.39, 0.29) is 5.76 Å². The Morgan fingerprint density at radius 3 is 2.52 bits per heavy atom. The molecule has 0 saturated carbocycles. The summed E-state index contributed by atoms with van der Waals surface area (Å²) >= 11 is 3.37. The first kappa shape index (κ1) is 14.1. The highest BCUT2D eigenvalue weighted by Gasteiger charge is 2.14. The predicted molar refractivity (Wildman–Crippen MR) is 84.4 cm³/mol. The van der Waals surface area contributed by atoms with E-state index >= 15 is 0 Å². The van der Waals surface area contributed by atoms with Crippen LogP contribution < -0.4 is 5.76 Å². The minimum Gasteiger partial charge on any atom is -0.408 e. The molecule has 0 radical (unpaired) electrons. The first-order chi connectivity index (χ1) is 10.1. The molecule has 0 amide bonds. The third-order valence-electron chi connectivity index (χ3n) is 3.51. The Bertz CT molecular complexity index is 833. The molecule has 4 nitrogen and oxygen atoms in total. The molecular formula is C16H14BrNO3. The fourth-order valence-corrected chi connectivity index (χ4v) is 2.65. The number of rotatable bonds is 3. The number of halogens is 1. The third kappa shape index (κ3) is 2.54. The van der Waals surface area contributed by atoms with Crippen LogP contribution in [-0.2, 0) is 6.54 Å². The fourth-order valence-electron chi connectivity index (χ4n) is 2.39. The molecule has 108 valence electrons. The van der Waals surface area contributed by atoms with Crippen molar-refractivity contribution in [2.45, 2.75) is 19.6 Å². The minimum atomic E-state index is -0.752. The average Bonchev–Trinajstić information content (AvgIpc) is 2.81. The van der Waals surface area contributed by atoms with E-state index in [9.17, 15) is 9.90 Å². The number of fused-ring (bicyclic) bond motifs is 1. The Balaban J connectivity index is 2.04. The van der Waals surface area contributed by atoms with Crippen molar-refractivity contribution < 1.29 is 9.52 Å². The van der Waals surface area contributed by atoms with Crippen molar-refractivity contribution in [3.05, 3.63) is 68.6 Å². The second-order valence-corrected chi connectivity index (χ2v) is 5.71. The zero-order valence-electron chi connectivity index (χ0n) is 11.4. The van der Waals surface area contributed by atoms with Gasteiger partial charge < -0.3 is 9.52 Å². The number of aliphatic hydroxyl groups is 1. The molecule has 0 saturated heterocycles. The molecular weight excluding hydrogens is 334 g/mol. The second kappa shape index (κ2) is 5.50. The number of hydrogen-bond acceptors (Lipinski definition) is 3. The number of benzene rings is 2. The van der Waals surface area contributed by atoms with Gasteiger partial charge in [-0.15, -0.1) is 0 Å². The van der Waals surface area contributed by atoms with Gasteiger partial charge >= 0.3 is 5.76 Å². The quantitative estimate of drug-likeness (QED) is 0.789. The van der Waals surface area contributed by atoms with Gasteiger partial charge in [-0.1, -0.05) is 34.1 Å². The lowest BCUT2D eigenvalue weighted by molar-refractivity contribution is 0.220. The largest absolute Gasteiger partial charge is 0.419 e. The van der Waals surface area contributed by atoms with E-state index in [1.807, 2.05) is 37.3 Å². The minimum absolute atomic E-state index is 0.372. The van der Waals surface area contributed by atoms with Crippen LogP contribution in [0.25, 0.3) is 11.1 Å². The highest BCUT2D eigenvalue weighted by Crippen LogP contribution is 2.26. The molecule has 1 atom stereocenters. The Morgan fingerprint density at radius 1 is 1.19 bits per heavy atom. The Labute approximate surface area is 129 Å². The lowest BCUT2D eigenvalue weighted by atomic mass is 10.0. The van der Waals surface area contributed by atoms with Gasteiger partial charge in [0.05, 0.1) is 5.52 Å².